The fraction of sp³-hybridized carbons (Fsp3) is 0.600. The Labute approximate surface area is 112 Å². The molecule has 1 aromatic rings. The maximum Gasteiger partial charge on any atom is 0.200 e. The third-order valence-electron chi connectivity index (χ3n) is 3.64. The van der Waals surface area contributed by atoms with Crippen LogP contribution >= 0.6 is 0 Å². The van der Waals surface area contributed by atoms with Gasteiger partial charge in [0.2, 0.25) is 5.82 Å². The van der Waals surface area contributed by atoms with Gasteiger partial charge < -0.3 is 9.47 Å². The Bertz CT molecular complexity index is 426. The molecule has 1 aliphatic heterocycles. The number of hydrogen-bond donors (Lipinski definition) is 0. The van der Waals surface area contributed by atoms with E-state index in [1.165, 1.54) is 6.07 Å². The third-order valence-corrected chi connectivity index (χ3v) is 3.64. The van der Waals surface area contributed by atoms with Gasteiger partial charge in [0.1, 0.15) is 0 Å². The largest absolute Gasteiger partial charge is 0.491 e. The van der Waals surface area contributed by atoms with Crippen LogP contribution < -0.4 is 4.74 Å². The predicted molar refractivity (Wildman–Crippen MR) is 69.5 cm³/mol. The molecule has 106 valence electrons. The van der Waals surface area contributed by atoms with Crippen LogP contribution in [0.1, 0.15) is 44.6 Å². The predicted octanol–water partition coefficient (Wildman–Crippen LogP) is 4.04. The van der Waals surface area contributed by atoms with Crippen LogP contribution in [0.25, 0.3) is 0 Å². The van der Waals surface area contributed by atoms with Crippen molar-refractivity contribution in [3.8, 4) is 5.75 Å². The Morgan fingerprint density at radius 3 is 2.58 bits per heavy atom. The molecule has 0 saturated carbocycles. The van der Waals surface area contributed by atoms with Crippen LogP contribution in [0.15, 0.2) is 12.1 Å². The average Bonchev–Trinajstić information content (AvgIpc) is 2.45. The molecule has 0 aromatic heterocycles. The molecule has 1 unspecified atom stereocenters. The Morgan fingerprint density at radius 2 is 2.00 bits per heavy atom. The van der Waals surface area contributed by atoms with Crippen LogP contribution in [0.2, 0.25) is 0 Å². The first kappa shape index (κ1) is 14.3. The number of benzene rings is 1. The van der Waals surface area contributed by atoms with E-state index in [4.69, 9.17) is 9.47 Å². The minimum Gasteiger partial charge on any atom is -0.491 e. The van der Waals surface area contributed by atoms with Gasteiger partial charge in [0, 0.05) is 5.92 Å². The van der Waals surface area contributed by atoms with E-state index in [1.807, 2.05) is 0 Å². The van der Waals surface area contributed by atoms with E-state index in [9.17, 15) is 8.78 Å². The minimum absolute atomic E-state index is 0.0214. The summed E-state index contributed by atoms with van der Waals surface area (Å²) in [7, 11) is 0. The third kappa shape index (κ3) is 3.06. The minimum atomic E-state index is -0.892. The van der Waals surface area contributed by atoms with E-state index in [0.29, 0.717) is 18.8 Å². The zero-order chi connectivity index (χ0) is 13.8. The molecule has 1 fully saturated rings. The molecular weight excluding hydrogens is 250 g/mol. The normalized spacial score (nSPS) is 23.4. The number of rotatable bonds is 4. The molecule has 1 aromatic carbocycles. The van der Waals surface area contributed by atoms with Crippen molar-refractivity contribution in [2.75, 3.05) is 13.2 Å². The molecule has 0 bridgehead atoms. The summed E-state index contributed by atoms with van der Waals surface area (Å²) in [6.07, 6.45) is 2.96. The van der Waals surface area contributed by atoms with Crippen LogP contribution in [0.4, 0.5) is 8.78 Å². The lowest BCUT2D eigenvalue weighted by Crippen LogP contribution is -2.24. The molecule has 4 heteroatoms. The van der Waals surface area contributed by atoms with Crippen LogP contribution in [-0.4, -0.2) is 19.3 Å². The molecule has 1 saturated heterocycles. The van der Waals surface area contributed by atoms with Crippen LogP contribution in [0, 0.1) is 11.6 Å². The second kappa shape index (κ2) is 6.33. The molecule has 2 atom stereocenters. The van der Waals surface area contributed by atoms with E-state index < -0.39 is 11.6 Å². The van der Waals surface area contributed by atoms with E-state index in [-0.39, 0.29) is 17.8 Å². The first-order valence-electron chi connectivity index (χ1n) is 6.89. The topological polar surface area (TPSA) is 18.5 Å². The highest BCUT2D eigenvalue weighted by Gasteiger charge is 2.26. The van der Waals surface area contributed by atoms with Gasteiger partial charge in [-0.15, -0.1) is 0 Å². The van der Waals surface area contributed by atoms with Gasteiger partial charge in [0.15, 0.2) is 11.6 Å². The van der Waals surface area contributed by atoms with Gasteiger partial charge in [-0.05, 0) is 37.8 Å². The summed E-state index contributed by atoms with van der Waals surface area (Å²) in [6.45, 7) is 4.59. The van der Waals surface area contributed by atoms with Crippen molar-refractivity contribution in [1.82, 2.24) is 0 Å². The molecule has 1 aliphatic rings. The number of ether oxygens (including phenoxy) is 2. The van der Waals surface area contributed by atoms with Gasteiger partial charge in [0.25, 0.3) is 0 Å². The van der Waals surface area contributed by atoms with E-state index in [0.717, 1.165) is 19.3 Å². The van der Waals surface area contributed by atoms with Crippen molar-refractivity contribution in [1.29, 1.82) is 0 Å². The van der Waals surface area contributed by atoms with Crippen LogP contribution in [-0.2, 0) is 4.74 Å². The van der Waals surface area contributed by atoms with E-state index in [1.54, 1.807) is 13.0 Å². The van der Waals surface area contributed by atoms with Gasteiger partial charge in [-0.3, -0.25) is 0 Å². The van der Waals surface area contributed by atoms with Gasteiger partial charge in [-0.2, -0.15) is 4.39 Å². The van der Waals surface area contributed by atoms with Gasteiger partial charge in [-0.1, -0.05) is 13.0 Å². The second-order valence-corrected chi connectivity index (χ2v) is 4.85. The maximum absolute atomic E-state index is 14.0. The van der Waals surface area contributed by atoms with Gasteiger partial charge in [-0.25, -0.2) is 4.39 Å². The zero-order valence-corrected chi connectivity index (χ0v) is 11.4. The average molecular weight is 270 g/mol. The number of halogens is 2. The fourth-order valence-electron chi connectivity index (χ4n) is 2.50. The molecule has 2 rings (SSSR count). The summed E-state index contributed by atoms with van der Waals surface area (Å²) >= 11 is 0. The van der Waals surface area contributed by atoms with Gasteiger partial charge >= 0.3 is 0 Å². The lowest BCUT2D eigenvalue weighted by Gasteiger charge is -2.29. The zero-order valence-electron chi connectivity index (χ0n) is 11.4. The van der Waals surface area contributed by atoms with Crippen LogP contribution in [0.5, 0.6) is 5.75 Å². The quantitative estimate of drug-likeness (QED) is 0.822. The highest BCUT2D eigenvalue weighted by atomic mass is 19.2. The van der Waals surface area contributed by atoms with Crippen molar-refractivity contribution < 1.29 is 18.3 Å². The maximum atomic E-state index is 14.0. The lowest BCUT2D eigenvalue weighted by molar-refractivity contribution is 0.00128. The Hall–Kier alpha value is -1.16. The van der Waals surface area contributed by atoms with Crippen molar-refractivity contribution >= 4 is 0 Å². The van der Waals surface area contributed by atoms with Crippen molar-refractivity contribution in [3.63, 3.8) is 0 Å². The molecule has 2 nitrogen and oxygen atoms in total. The monoisotopic (exact) mass is 270 g/mol. The molecular formula is C15H20F2O2. The summed E-state index contributed by atoms with van der Waals surface area (Å²) in [5, 5.41) is 0. The van der Waals surface area contributed by atoms with Crippen molar-refractivity contribution in [3.05, 3.63) is 29.3 Å². The van der Waals surface area contributed by atoms with E-state index >= 15 is 0 Å². The fourth-order valence-corrected chi connectivity index (χ4v) is 2.50. The Kier molecular flexibility index (Phi) is 4.75. The molecule has 0 aliphatic carbocycles. The number of hydrogen-bond acceptors (Lipinski definition) is 2. The van der Waals surface area contributed by atoms with Crippen LogP contribution in [0.3, 0.4) is 0 Å². The standard InChI is InChI=1S/C15H20F2O2/c1-3-11-6-5-10(9-19-11)12-7-8-13(18-4-2)15(17)14(12)16/h7-8,10-11H,3-6,9H2,1-2H3/t10-,11?/m1/s1. The first-order valence-corrected chi connectivity index (χ1v) is 6.89. The molecule has 0 amide bonds. The summed E-state index contributed by atoms with van der Waals surface area (Å²) in [6, 6.07) is 3.12. The molecule has 0 spiro atoms. The SMILES string of the molecule is CCOc1ccc([C@@H]2CCC(CC)OC2)c(F)c1F. The summed E-state index contributed by atoms with van der Waals surface area (Å²) in [4.78, 5) is 0. The molecule has 0 N–H and O–H groups in total. The molecule has 1 heterocycles. The smallest absolute Gasteiger partial charge is 0.200 e. The Morgan fingerprint density at radius 1 is 1.21 bits per heavy atom. The van der Waals surface area contributed by atoms with Crippen molar-refractivity contribution in [2.45, 2.75) is 45.1 Å². The highest BCUT2D eigenvalue weighted by molar-refractivity contribution is 5.33. The van der Waals surface area contributed by atoms with E-state index in [2.05, 4.69) is 6.92 Å². The molecule has 19 heavy (non-hydrogen) atoms. The lowest BCUT2D eigenvalue weighted by atomic mass is 9.90. The molecule has 0 radical (unpaired) electrons. The summed E-state index contributed by atoms with van der Waals surface area (Å²) in [5.74, 6) is -1.77. The first-order chi connectivity index (χ1) is 9.17. The summed E-state index contributed by atoms with van der Waals surface area (Å²) < 4.78 is 38.5. The second-order valence-electron chi connectivity index (χ2n) is 4.85. The van der Waals surface area contributed by atoms with Crippen molar-refractivity contribution in [2.24, 2.45) is 0 Å². The summed E-state index contributed by atoms with van der Waals surface area (Å²) in [5.41, 5.74) is 0.399. The highest BCUT2D eigenvalue weighted by Crippen LogP contribution is 2.33. The Balaban J connectivity index is 2.15. The van der Waals surface area contributed by atoms with Gasteiger partial charge in [0.05, 0.1) is 19.3 Å².